The van der Waals surface area contributed by atoms with Crippen molar-refractivity contribution >= 4 is 11.9 Å². The van der Waals surface area contributed by atoms with Crippen molar-refractivity contribution in [3.8, 4) is 0 Å². The van der Waals surface area contributed by atoms with Crippen molar-refractivity contribution in [2.75, 3.05) is 7.11 Å². The summed E-state index contributed by atoms with van der Waals surface area (Å²) in [6.45, 7) is 1.38. The van der Waals surface area contributed by atoms with E-state index in [1.165, 1.54) is 14.0 Å². The molecule has 0 aliphatic carbocycles. The van der Waals surface area contributed by atoms with E-state index in [2.05, 4.69) is 5.32 Å². The average molecular weight is 173 g/mol. The topological polar surface area (TPSA) is 64.6 Å². The van der Waals surface area contributed by atoms with Crippen molar-refractivity contribution in [1.29, 1.82) is 0 Å². The lowest BCUT2D eigenvalue weighted by Crippen LogP contribution is -2.39. The standard InChI is InChI=1S/C7H11NO4/c1-4(9)8-5-3-6(10)12-7(5)11-2/h5,7H,3H2,1-2H3,(H,8,9). The molecule has 0 aromatic rings. The van der Waals surface area contributed by atoms with Crippen LogP contribution in [0.15, 0.2) is 0 Å². The summed E-state index contributed by atoms with van der Waals surface area (Å²) in [5.41, 5.74) is 0. The maximum Gasteiger partial charge on any atom is 0.310 e. The number of ether oxygens (including phenoxy) is 2. The van der Waals surface area contributed by atoms with E-state index in [0.29, 0.717) is 0 Å². The number of hydrogen-bond donors (Lipinski definition) is 1. The van der Waals surface area contributed by atoms with Gasteiger partial charge in [-0.3, -0.25) is 9.59 Å². The number of rotatable bonds is 2. The Balaban J connectivity index is 2.51. The Bertz CT molecular complexity index is 204. The number of carbonyl (C=O) groups is 2. The van der Waals surface area contributed by atoms with Crippen LogP contribution in [0.2, 0.25) is 0 Å². The first-order valence-electron chi connectivity index (χ1n) is 3.63. The molecule has 0 radical (unpaired) electrons. The van der Waals surface area contributed by atoms with Crippen LogP contribution in [0.3, 0.4) is 0 Å². The van der Waals surface area contributed by atoms with Crippen molar-refractivity contribution in [1.82, 2.24) is 5.32 Å². The highest BCUT2D eigenvalue weighted by atomic mass is 16.7. The van der Waals surface area contributed by atoms with Crippen molar-refractivity contribution in [2.24, 2.45) is 0 Å². The van der Waals surface area contributed by atoms with Crippen LogP contribution < -0.4 is 5.32 Å². The Kier molecular flexibility index (Phi) is 2.65. The summed E-state index contributed by atoms with van der Waals surface area (Å²) in [6, 6.07) is -0.347. The maximum atomic E-state index is 10.8. The first-order chi connectivity index (χ1) is 5.63. The summed E-state index contributed by atoms with van der Waals surface area (Å²) >= 11 is 0. The molecule has 5 heteroatoms. The lowest BCUT2D eigenvalue weighted by Gasteiger charge is -2.15. The third-order valence-electron chi connectivity index (χ3n) is 1.58. The third-order valence-corrected chi connectivity index (χ3v) is 1.58. The Morgan fingerprint density at radius 1 is 1.75 bits per heavy atom. The van der Waals surface area contributed by atoms with Crippen LogP contribution in [-0.4, -0.2) is 31.3 Å². The van der Waals surface area contributed by atoms with Gasteiger partial charge in [0.05, 0.1) is 6.42 Å². The summed E-state index contributed by atoms with van der Waals surface area (Å²) in [5, 5.41) is 2.56. The minimum Gasteiger partial charge on any atom is -0.433 e. The van der Waals surface area contributed by atoms with E-state index in [0.717, 1.165) is 0 Å². The van der Waals surface area contributed by atoms with Crippen LogP contribution >= 0.6 is 0 Å². The van der Waals surface area contributed by atoms with Crippen LogP contribution in [0.1, 0.15) is 13.3 Å². The second-order valence-corrected chi connectivity index (χ2v) is 2.61. The van der Waals surface area contributed by atoms with Gasteiger partial charge in [0.25, 0.3) is 0 Å². The summed E-state index contributed by atoms with van der Waals surface area (Å²) in [7, 11) is 1.43. The summed E-state index contributed by atoms with van der Waals surface area (Å²) < 4.78 is 9.59. The molecule has 1 heterocycles. The zero-order valence-electron chi connectivity index (χ0n) is 6.99. The summed E-state index contributed by atoms with van der Waals surface area (Å²) in [6.07, 6.45) is -0.459. The minimum absolute atomic E-state index is 0.179. The molecule has 1 N–H and O–H groups in total. The zero-order chi connectivity index (χ0) is 9.14. The second-order valence-electron chi connectivity index (χ2n) is 2.61. The number of carbonyl (C=O) groups excluding carboxylic acids is 2. The van der Waals surface area contributed by atoms with Crippen LogP contribution in [0, 0.1) is 0 Å². The highest BCUT2D eigenvalue weighted by molar-refractivity contribution is 5.77. The van der Waals surface area contributed by atoms with Gasteiger partial charge in [-0.1, -0.05) is 0 Å². The molecule has 0 aromatic carbocycles. The molecule has 1 fully saturated rings. The Labute approximate surface area is 70.0 Å². The van der Waals surface area contributed by atoms with E-state index < -0.39 is 6.29 Å². The van der Waals surface area contributed by atoms with E-state index in [1.54, 1.807) is 0 Å². The fourth-order valence-corrected chi connectivity index (χ4v) is 1.13. The normalized spacial score (nSPS) is 28.3. The van der Waals surface area contributed by atoms with Crippen LogP contribution in [-0.2, 0) is 19.1 Å². The maximum absolute atomic E-state index is 10.8. The molecule has 1 rings (SSSR count). The van der Waals surface area contributed by atoms with Gasteiger partial charge >= 0.3 is 5.97 Å². The smallest absolute Gasteiger partial charge is 0.310 e. The minimum atomic E-state index is -0.638. The molecule has 2 unspecified atom stereocenters. The molecule has 5 nitrogen and oxygen atoms in total. The van der Waals surface area contributed by atoms with Crippen molar-refractivity contribution < 1.29 is 19.1 Å². The van der Waals surface area contributed by atoms with Gasteiger partial charge in [0, 0.05) is 14.0 Å². The molecule has 12 heavy (non-hydrogen) atoms. The molecule has 68 valence electrons. The van der Waals surface area contributed by atoms with Crippen molar-refractivity contribution in [2.45, 2.75) is 25.7 Å². The predicted octanol–water partition coefficient (Wildman–Crippen LogP) is -0.590. The largest absolute Gasteiger partial charge is 0.433 e. The molecule has 0 saturated carbocycles. The van der Waals surface area contributed by atoms with E-state index >= 15 is 0 Å². The van der Waals surface area contributed by atoms with E-state index in [9.17, 15) is 9.59 Å². The quantitative estimate of drug-likeness (QED) is 0.567. The molecule has 2 atom stereocenters. The molecule has 0 spiro atoms. The number of esters is 1. The fourth-order valence-electron chi connectivity index (χ4n) is 1.13. The Hall–Kier alpha value is -1.10. The lowest BCUT2D eigenvalue weighted by atomic mass is 10.2. The molecular weight excluding hydrogens is 162 g/mol. The number of amides is 1. The molecular formula is C7H11NO4. The van der Waals surface area contributed by atoms with Gasteiger partial charge in [-0.05, 0) is 0 Å². The molecule has 0 bridgehead atoms. The van der Waals surface area contributed by atoms with Gasteiger partial charge in [-0.2, -0.15) is 0 Å². The van der Waals surface area contributed by atoms with Crippen LogP contribution in [0.25, 0.3) is 0 Å². The van der Waals surface area contributed by atoms with Gasteiger partial charge in [-0.15, -0.1) is 0 Å². The molecule has 1 aliphatic rings. The molecule has 1 saturated heterocycles. The van der Waals surface area contributed by atoms with Crippen LogP contribution in [0.4, 0.5) is 0 Å². The molecule has 1 aliphatic heterocycles. The first kappa shape index (κ1) is 8.99. The van der Waals surface area contributed by atoms with Gasteiger partial charge in [0.1, 0.15) is 6.04 Å². The van der Waals surface area contributed by atoms with E-state index in [1.807, 2.05) is 0 Å². The predicted molar refractivity (Wildman–Crippen MR) is 39.1 cm³/mol. The Morgan fingerprint density at radius 2 is 2.42 bits per heavy atom. The summed E-state index contributed by atoms with van der Waals surface area (Å²) in [5.74, 6) is -0.541. The van der Waals surface area contributed by atoms with Gasteiger partial charge in [-0.25, -0.2) is 0 Å². The first-order valence-corrected chi connectivity index (χ1v) is 3.63. The van der Waals surface area contributed by atoms with E-state index in [-0.39, 0.29) is 24.3 Å². The second kappa shape index (κ2) is 3.53. The monoisotopic (exact) mass is 173 g/mol. The zero-order valence-corrected chi connectivity index (χ0v) is 6.99. The SMILES string of the molecule is COC1OC(=O)CC1NC(C)=O. The number of methoxy groups -OCH3 is 1. The third kappa shape index (κ3) is 1.94. The van der Waals surface area contributed by atoms with Gasteiger partial charge < -0.3 is 14.8 Å². The number of hydrogen-bond acceptors (Lipinski definition) is 4. The summed E-state index contributed by atoms with van der Waals surface area (Å²) in [4.78, 5) is 21.4. The van der Waals surface area contributed by atoms with Gasteiger partial charge in [0.2, 0.25) is 12.2 Å². The lowest BCUT2D eigenvalue weighted by molar-refractivity contribution is -0.160. The molecule has 1 amide bonds. The van der Waals surface area contributed by atoms with Crippen molar-refractivity contribution in [3.05, 3.63) is 0 Å². The highest BCUT2D eigenvalue weighted by Gasteiger charge is 2.35. The number of cyclic esters (lactones) is 1. The van der Waals surface area contributed by atoms with Gasteiger partial charge in [0.15, 0.2) is 0 Å². The molecule has 0 aromatic heterocycles. The average Bonchev–Trinajstić information content (AvgIpc) is 2.29. The highest BCUT2D eigenvalue weighted by Crippen LogP contribution is 2.14. The number of nitrogens with one attached hydrogen (secondary N) is 1. The fraction of sp³-hybridized carbons (Fsp3) is 0.714. The van der Waals surface area contributed by atoms with Crippen LogP contribution in [0.5, 0.6) is 0 Å². The Morgan fingerprint density at radius 3 is 2.92 bits per heavy atom. The van der Waals surface area contributed by atoms with Crippen molar-refractivity contribution in [3.63, 3.8) is 0 Å². The van der Waals surface area contributed by atoms with E-state index in [4.69, 9.17) is 9.47 Å².